The molecule has 1 aromatic carbocycles. The van der Waals surface area contributed by atoms with Gasteiger partial charge in [-0.15, -0.1) is 0 Å². The average Bonchev–Trinajstić information content (AvgIpc) is 2.72. The van der Waals surface area contributed by atoms with E-state index in [4.69, 9.17) is 4.99 Å². The van der Waals surface area contributed by atoms with Gasteiger partial charge in [0.15, 0.2) is 0 Å². The maximum absolute atomic E-state index is 5.08. The number of rotatable bonds is 0. The Balaban J connectivity index is 1.82. The molecule has 0 saturated carbocycles. The molecule has 1 saturated heterocycles. The summed E-state index contributed by atoms with van der Waals surface area (Å²) in [6.45, 7) is 4.16. The van der Waals surface area contributed by atoms with Crippen LogP contribution in [0.1, 0.15) is 18.4 Å². The van der Waals surface area contributed by atoms with E-state index in [9.17, 15) is 0 Å². The van der Waals surface area contributed by atoms with Crippen LogP contribution in [0.4, 0.5) is 0 Å². The third-order valence-corrected chi connectivity index (χ3v) is 5.27. The Kier molecular flexibility index (Phi) is 3.57. The van der Waals surface area contributed by atoms with Crippen LogP contribution in [-0.4, -0.2) is 36.9 Å². The minimum Gasteiger partial charge on any atom is -0.354 e. The zero-order valence-corrected chi connectivity index (χ0v) is 12.8. The minimum atomic E-state index is 1.04. The zero-order chi connectivity index (χ0) is 14.1. The predicted molar refractivity (Wildman–Crippen MR) is 88.7 cm³/mol. The molecule has 2 aliphatic heterocycles. The summed E-state index contributed by atoms with van der Waals surface area (Å²) in [4.78, 5) is 10.2. The van der Waals surface area contributed by atoms with E-state index < -0.39 is 0 Å². The van der Waals surface area contributed by atoms with Crippen LogP contribution in [-0.2, 0) is 0 Å². The third kappa shape index (κ3) is 2.54. The molecule has 0 amide bonds. The first kappa shape index (κ1) is 13.2. The molecule has 21 heavy (non-hydrogen) atoms. The molecule has 0 spiro atoms. The second kappa shape index (κ2) is 5.70. The number of nitrogens with zero attached hydrogens (tertiary/aromatic N) is 2. The first-order chi connectivity index (χ1) is 10.4. The smallest absolute Gasteiger partial charge is 0.137 e. The molecule has 4 heteroatoms. The molecule has 3 aliphatic rings. The Bertz CT molecular complexity index is 639. The number of benzene rings is 1. The number of thioether (sulfide) groups is 1. The van der Waals surface area contributed by atoms with Crippen LogP contribution >= 0.6 is 11.8 Å². The highest BCUT2D eigenvalue weighted by Gasteiger charge is 2.23. The lowest BCUT2D eigenvalue weighted by atomic mass is 10.1. The summed E-state index contributed by atoms with van der Waals surface area (Å²) < 4.78 is 0. The average molecular weight is 297 g/mol. The summed E-state index contributed by atoms with van der Waals surface area (Å²) >= 11 is 1.87. The quantitative estimate of drug-likeness (QED) is 0.798. The van der Waals surface area contributed by atoms with Gasteiger partial charge < -0.3 is 10.2 Å². The molecule has 0 atom stereocenters. The predicted octanol–water partition coefficient (Wildman–Crippen LogP) is 3.01. The van der Waals surface area contributed by atoms with E-state index in [0.717, 1.165) is 39.0 Å². The van der Waals surface area contributed by atoms with E-state index in [1.807, 2.05) is 11.8 Å². The summed E-state index contributed by atoms with van der Waals surface area (Å²) in [5.74, 6) is 1.17. The highest BCUT2D eigenvalue weighted by molar-refractivity contribution is 8.03. The van der Waals surface area contributed by atoms with Crippen LogP contribution in [0.2, 0.25) is 0 Å². The Morgan fingerprint density at radius 2 is 2.00 bits per heavy atom. The fourth-order valence-electron chi connectivity index (χ4n) is 3.00. The van der Waals surface area contributed by atoms with E-state index in [1.165, 1.54) is 26.9 Å². The van der Waals surface area contributed by atoms with E-state index >= 15 is 0 Å². The first-order valence-corrected chi connectivity index (χ1v) is 8.45. The van der Waals surface area contributed by atoms with Gasteiger partial charge in [0.2, 0.25) is 0 Å². The Morgan fingerprint density at radius 1 is 1.14 bits per heavy atom. The van der Waals surface area contributed by atoms with Gasteiger partial charge in [-0.2, -0.15) is 0 Å². The topological polar surface area (TPSA) is 27.6 Å². The van der Waals surface area contributed by atoms with Crippen molar-refractivity contribution in [2.75, 3.05) is 26.2 Å². The normalized spacial score (nSPS) is 21.5. The van der Waals surface area contributed by atoms with Crippen LogP contribution in [0.5, 0.6) is 0 Å². The number of aliphatic imine (C=N–C) groups is 1. The van der Waals surface area contributed by atoms with Gasteiger partial charge in [0, 0.05) is 41.5 Å². The van der Waals surface area contributed by atoms with Crippen LogP contribution < -0.4 is 5.32 Å². The second-order valence-corrected chi connectivity index (χ2v) is 6.61. The number of amidine groups is 1. The number of piperazine rings is 1. The van der Waals surface area contributed by atoms with Gasteiger partial charge in [0.1, 0.15) is 5.84 Å². The molecule has 1 N–H and O–H groups in total. The number of hydrogen-bond donors (Lipinski definition) is 1. The van der Waals surface area contributed by atoms with Gasteiger partial charge in [0.05, 0.1) is 5.70 Å². The number of fused-ring (bicyclic) bond motifs is 1. The Morgan fingerprint density at radius 3 is 2.90 bits per heavy atom. The van der Waals surface area contributed by atoms with Gasteiger partial charge in [-0.25, -0.2) is 4.99 Å². The molecule has 1 fully saturated rings. The molecular weight excluding hydrogens is 278 g/mol. The van der Waals surface area contributed by atoms with Crippen molar-refractivity contribution in [1.82, 2.24) is 10.2 Å². The Labute approximate surface area is 129 Å². The largest absolute Gasteiger partial charge is 0.354 e. The Hall–Kier alpha value is -1.52. The maximum Gasteiger partial charge on any atom is 0.137 e. The molecule has 0 radical (unpaired) electrons. The number of nitrogens with one attached hydrogen (secondary N) is 1. The maximum atomic E-state index is 5.08. The summed E-state index contributed by atoms with van der Waals surface area (Å²) in [5, 5.41) is 3.42. The van der Waals surface area contributed by atoms with Crippen molar-refractivity contribution in [3.05, 3.63) is 52.6 Å². The van der Waals surface area contributed by atoms with E-state index in [2.05, 4.69) is 46.6 Å². The van der Waals surface area contributed by atoms with Crippen LogP contribution in [0.15, 0.2) is 56.9 Å². The molecule has 108 valence electrons. The van der Waals surface area contributed by atoms with Crippen LogP contribution in [0.25, 0.3) is 0 Å². The van der Waals surface area contributed by atoms with Crippen molar-refractivity contribution in [3.8, 4) is 0 Å². The molecular formula is C17H19N3S. The van der Waals surface area contributed by atoms with Crippen molar-refractivity contribution >= 4 is 17.6 Å². The van der Waals surface area contributed by atoms with E-state index in [1.54, 1.807) is 0 Å². The van der Waals surface area contributed by atoms with Crippen LogP contribution in [0, 0.1) is 0 Å². The molecule has 0 aromatic heterocycles. The van der Waals surface area contributed by atoms with Gasteiger partial charge in [-0.05, 0) is 18.9 Å². The lowest BCUT2D eigenvalue weighted by molar-refractivity contribution is 0.357. The molecule has 3 nitrogen and oxygen atoms in total. The van der Waals surface area contributed by atoms with Gasteiger partial charge in [0.25, 0.3) is 0 Å². The first-order valence-electron chi connectivity index (χ1n) is 7.63. The van der Waals surface area contributed by atoms with Crippen molar-refractivity contribution in [3.63, 3.8) is 0 Å². The van der Waals surface area contributed by atoms with Gasteiger partial charge in [-0.3, -0.25) is 0 Å². The van der Waals surface area contributed by atoms with E-state index in [0.29, 0.717) is 0 Å². The second-order valence-electron chi connectivity index (χ2n) is 5.52. The number of hydrogen-bond acceptors (Lipinski definition) is 4. The lowest BCUT2D eigenvalue weighted by Gasteiger charge is -2.31. The summed E-state index contributed by atoms with van der Waals surface area (Å²) in [5.41, 5.74) is 2.54. The SMILES string of the molecule is C1=CC2=C(CC1)N=C(N1CCNCC1)c1ccccc1S2. The molecule has 1 aromatic rings. The minimum absolute atomic E-state index is 1.04. The highest BCUT2D eigenvalue weighted by Crippen LogP contribution is 2.39. The van der Waals surface area contributed by atoms with Gasteiger partial charge in [-0.1, -0.05) is 42.1 Å². The third-order valence-electron chi connectivity index (χ3n) is 4.11. The van der Waals surface area contributed by atoms with Crippen molar-refractivity contribution < 1.29 is 0 Å². The van der Waals surface area contributed by atoms with Gasteiger partial charge >= 0.3 is 0 Å². The molecule has 2 heterocycles. The molecule has 0 unspecified atom stereocenters. The highest BCUT2D eigenvalue weighted by atomic mass is 32.2. The fourth-order valence-corrected chi connectivity index (χ4v) is 4.08. The standard InChI is InChI=1S/C17H19N3S/c1-3-7-15-13(5-1)17(20-11-9-18-10-12-20)19-14-6-2-4-8-16(14)21-15/h1,3-5,7-8,18H,2,6,9-12H2. The van der Waals surface area contributed by atoms with Crippen LogP contribution in [0.3, 0.4) is 0 Å². The molecule has 1 aliphatic carbocycles. The van der Waals surface area contributed by atoms with Crippen molar-refractivity contribution in [2.45, 2.75) is 17.7 Å². The van der Waals surface area contributed by atoms with E-state index in [-0.39, 0.29) is 0 Å². The number of allylic oxidation sites excluding steroid dienone is 3. The zero-order valence-electron chi connectivity index (χ0n) is 12.0. The van der Waals surface area contributed by atoms with Crippen molar-refractivity contribution in [2.24, 2.45) is 4.99 Å². The summed E-state index contributed by atoms with van der Waals surface area (Å²) in [6.07, 6.45) is 6.67. The molecule has 4 rings (SSSR count). The van der Waals surface area contributed by atoms with Crippen molar-refractivity contribution in [1.29, 1.82) is 0 Å². The monoisotopic (exact) mass is 297 g/mol. The lowest BCUT2D eigenvalue weighted by Crippen LogP contribution is -2.46. The summed E-state index contributed by atoms with van der Waals surface area (Å²) in [6, 6.07) is 8.68. The summed E-state index contributed by atoms with van der Waals surface area (Å²) in [7, 11) is 0. The molecule has 0 bridgehead atoms. The fraction of sp³-hybridized carbons (Fsp3) is 0.353.